The van der Waals surface area contributed by atoms with Crippen LogP contribution in [0.5, 0.6) is 5.75 Å². The first-order chi connectivity index (χ1) is 11.5. The molecule has 0 atom stereocenters. The summed E-state index contributed by atoms with van der Waals surface area (Å²) in [6, 6.07) is 10.5. The van der Waals surface area contributed by atoms with Gasteiger partial charge in [0.15, 0.2) is 5.78 Å². The number of ketones is 1. The molecule has 2 aromatic rings. The van der Waals surface area contributed by atoms with Crippen molar-refractivity contribution < 1.29 is 14.5 Å². The number of ether oxygens (including phenoxy) is 1. The maximum atomic E-state index is 12.7. The van der Waals surface area contributed by atoms with Gasteiger partial charge in [-0.2, -0.15) is 0 Å². The van der Waals surface area contributed by atoms with E-state index in [9.17, 15) is 14.9 Å². The molecule has 0 unspecified atom stereocenters. The van der Waals surface area contributed by atoms with Gasteiger partial charge in [0.1, 0.15) is 5.75 Å². The number of allylic oxidation sites excluding steroid dienone is 1. The summed E-state index contributed by atoms with van der Waals surface area (Å²) in [4.78, 5) is 23.3. The molecule has 3 rings (SSSR count). The number of methoxy groups -OCH3 is 1. The molecule has 0 spiro atoms. The van der Waals surface area contributed by atoms with Crippen LogP contribution in [-0.4, -0.2) is 17.8 Å². The zero-order chi connectivity index (χ0) is 17.3. The minimum Gasteiger partial charge on any atom is -0.497 e. The van der Waals surface area contributed by atoms with E-state index in [1.807, 2.05) is 6.07 Å². The van der Waals surface area contributed by atoms with Gasteiger partial charge in [-0.1, -0.05) is 12.1 Å². The van der Waals surface area contributed by atoms with Crippen molar-refractivity contribution in [2.75, 3.05) is 7.11 Å². The molecule has 0 radical (unpaired) electrons. The average Bonchev–Trinajstić information content (AvgIpc) is 2.58. The summed E-state index contributed by atoms with van der Waals surface area (Å²) >= 11 is 0. The molecule has 0 bridgehead atoms. The van der Waals surface area contributed by atoms with E-state index in [-0.39, 0.29) is 11.5 Å². The molecule has 0 fully saturated rings. The van der Waals surface area contributed by atoms with Crippen LogP contribution in [0.2, 0.25) is 0 Å². The van der Waals surface area contributed by atoms with Crippen LogP contribution in [0.3, 0.4) is 0 Å². The van der Waals surface area contributed by atoms with Gasteiger partial charge < -0.3 is 4.74 Å². The zero-order valence-electron chi connectivity index (χ0n) is 13.5. The zero-order valence-corrected chi connectivity index (χ0v) is 13.5. The lowest BCUT2D eigenvalue weighted by Gasteiger charge is -2.18. The molecule has 122 valence electrons. The second-order valence-electron chi connectivity index (χ2n) is 5.82. The van der Waals surface area contributed by atoms with Crippen molar-refractivity contribution in [3.63, 3.8) is 0 Å². The number of nitro groups is 1. The average molecular weight is 323 g/mol. The smallest absolute Gasteiger partial charge is 0.272 e. The fourth-order valence-corrected chi connectivity index (χ4v) is 2.93. The highest BCUT2D eigenvalue weighted by molar-refractivity contribution is 6.13. The third kappa shape index (κ3) is 2.93. The molecule has 2 aromatic carbocycles. The van der Waals surface area contributed by atoms with Crippen LogP contribution < -0.4 is 4.74 Å². The molecule has 0 saturated carbocycles. The fourth-order valence-electron chi connectivity index (χ4n) is 2.93. The van der Waals surface area contributed by atoms with E-state index < -0.39 is 4.92 Å². The van der Waals surface area contributed by atoms with Gasteiger partial charge in [-0.25, -0.2) is 0 Å². The standard InChI is InChI=1S/C19H17NO4/c1-12-3-4-13(10-18(12)20(22)23)9-15-6-5-14-11-16(24-2)7-8-17(14)19(15)21/h3-4,7-11H,5-6H2,1-2H3. The van der Waals surface area contributed by atoms with Crippen molar-refractivity contribution in [2.45, 2.75) is 19.8 Å². The molecule has 0 aliphatic heterocycles. The monoisotopic (exact) mass is 323 g/mol. The summed E-state index contributed by atoms with van der Waals surface area (Å²) in [5, 5.41) is 11.1. The number of rotatable bonds is 3. The summed E-state index contributed by atoms with van der Waals surface area (Å²) in [6.45, 7) is 1.70. The third-order valence-electron chi connectivity index (χ3n) is 4.28. The van der Waals surface area contributed by atoms with E-state index in [1.54, 1.807) is 44.4 Å². The molecule has 1 aliphatic carbocycles. The molecule has 5 nitrogen and oxygen atoms in total. The van der Waals surface area contributed by atoms with Crippen LogP contribution in [-0.2, 0) is 6.42 Å². The highest BCUT2D eigenvalue weighted by Crippen LogP contribution is 2.30. The van der Waals surface area contributed by atoms with Crippen LogP contribution in [0.4, 0.5) is 5.69 Å². The summed E-state index contributed by atoms with van der Waals surface area (Å²) < 4.78 is 5.20. The Hall–Kier alpha value is -2.95. The summed E-state index contributed by atoms with van der Waals surface area (Å²) in [6.07, 6.45) is 3.11. The lowest BCUT2D eigenvalue weighted by Crippen LogP contribution is -2.14. The van der Waals surface area contributed by atoms with E-state index in [4.69, 9.17) is 4.74 Å². The maximum Gasteiger partial charge on any atom is 0.272 e. The molecule has 0 aromatic heterocycles. The summed E-state index contributed by atoms with van der Waals surface area (Å²) in [5.74, 6) is 0.713. The van der Waals surface area contributed by atoms with Crippen molar-refractivity contribution in [3.8, 4) is 5.75 Å². The van der Waals surface area contributed by atoms with Crippen molar-refractivity contribution in [1.29, 1.82) is 0 Å². The van der Waals surface area contributed by atoms with Gasteiger partial charge in [0, 0.05) is 22.8 Å². The Kier molecular flexibility index (Phi) is 4.16. The van der Waals surface area contributed by atoms with E-state index in [2.05, 4.69) is 0 Å². The lowest BCUT2D eigenvalue weighted by molar-refractivity contribution is -0.385. The highest BCUT2D eigenvalue weighted by atomic mass is 16.6. The topological polar surface area (TPSA) is 69.4 Å². The predicted octanol–water partition coefficient (Wildman–Crippen LogP) is 4.12. The second-order valence-corrected chi connectivity index (χ2v) is 5.82. The lowest BCUT2D eigenvalue weighted by atomic mass is 9.86. The van der Waals surface area contributed by atoms with Crippen LogP contribution in [0.15, 0.2) is 42.0 Å². The molecule has 24 heavy (non-hydrogen) atoms. The van der Waals surface area contributed by atoms with Crippen LogP contribution in [0, 0.1) is 17.0 Å². The molecule has 0 heterocycles. The van der Waals surface area contributed by atoms with Crippen molar-refractivity contribution in [2.24, 2.45) is 0 Å². The molecule has 0 N–H and O–H groups in total. The first-order valence-corrected chi connectivity index (χ1v) is 7.67. The number of fused-ring (bicyclic) bond motifs is 1. The Morgan fingerprint density at radius 3 is 2.67 bits per heavy atom. The minimum atomic E-state index is -0.401. The Balaban J connectivity index is 1.96. The number of aryl methyl sites for hydroxylation is 2. The Morgan fingerprint density at radius 1 is 1.17 bits per heavy atom. The number of Topliss-reactive ketones (excluding diaryl/α,β-unsaturated/α-hetero) is 1. The number of benzene rings is 2. The van der Waals surface area contributed by atoms with Gasteiger partial charge in [-0.3, -0.25) is 14.9 Å². The van der Waals surface area contributed by atoms with Gasteiger partial charge in [-0.05, 0) is 55.2 Å². The second kappa shape index (κ2) is 6.28. The van der Waals surface area contributed by atoms with Crippen LogP contribution in [0.1, 0.15) is 33.5 Å². The maximum absolute atomic E-state index is 12.7. The van der Waals surface area contributed by atoms with E-state index >= 15 is 0 Å². The molecule has 5 heteroatoms. The first kappa shape index (κ1) is 15.9. The largest absolute Gasteiger partial charge is 0.497 e. The van der Waals surface area contributed by atoms with E-state index in [1.165, 1.54) is 6.07 Å². The van der Waals surface area contributed by atoms with Crippen molar-refractivity contribution >= 4 is 17.5 Å². The predicted molar refractivity (Wildman–Crippen MR) is 91.5 cm³/mol. The SMILES string of the molecule is COc1ccc2c(c1)CCC(=Cc1ccc(C)c([N+](=O)[O-])c1)C2=O. The van der Waals surface area contributed by atoms with Gasteiger partial charge in [0.25, 0.3) is 5.69 Å². The Bertz CT molecular complexity index is 868. The molecular formula is C19H17NO4. The summed E-state index contributed by atoms with van der Waals surface area (Å²) in [5.41, 5.74) is 3.67. The van der Waals surface area contributed by atoms with Gasteiger partial charge in [0.05, 0.1) is 12.0 Å². The van der Waals surface area contributed by atoms with Gasteiger partial charge >= 0.3 is 0 Å². The third-order valence-corrected chi connectivity index (χ3v) is 4.28. The number of hydrogen-bond acceptors (Lipinski definition) is 4. The molecule has 0 amide bonds. The fraction of sp³-hybridized carbons (Fsp3) is 0.211. The van der Waals surface area contributed by atoms with Crippen molar-refractivity contribution in [3.05, 3.63) is 74.3 Å². The number of hydrogen-bond donors (Lipinski definition) is 0. The number of carbonyl (C=O) groups excluding carboxylic acids is 1. The normalized spacial score (nSPS) is 15.2. The van der Waals surface area contributed by atoms with E-state index in [0.29, 0.717) is 28.7 Å². The Labute approximate surface area is 139 Å². The van der Waals surface area contributed by atoms with E-state index in [0.717, 1.165) is 17.7 Å². The first-order valence-electron chi connectivity index (χ1n) is 7.67. The minimum absolute atomic E-state index is 0.0258. The number of nitro benzene ring substituents is 1. The summed E-state index contributed by atoms with van der Waals surface area (Å²) in [7, 11) is 1.60. The Morgan fingerprint density at radius 2 is 1.96 bits per heavy atom. The van der Waals surface area contributed by atoms with Crippen molar-refractivity contribution in [1.82, 2.24) is 0 Å². The molecular weight excluding hydrogens is 306 g/mol. The highest BCUT2D eigenvalue weighted by Gasteiger charge is 2.22. The van der Waals surface area contributed by atoms with Gasteiger partial charge in [-0.15, -0.1) is 0 Å². The molecule has 0 saturated heterocycles. The van der Waals surface area contributed by atoms with Gasteiger partial charge in [0.2, 0.25) is 0 Å². The van der Waals surface area contributed by atoms with Crippen LogP contribution >= 0.6 is 0 Å². The molecule has 1 aliphatic rings. The number of carbonyl (C=O) groups is 1. The van der Waals surface area contributed by atoms with Crippen LogP contribution in [0.25, 0.3) is 6.08 Å². The quantitative estimate of drug-likeness (QED) is 0.484. The number of nitrogens with zero attached hydrogens (tertiary/aromatic N) is 1.